The maximum Gasteiger partial charge on any atom is 0.251 e. The summed E-state index contributed by atoms with van der Waals surface area (Å²) in [5.41, 5.74) is 3.70. The highest BCUT2D eigenvalue weighted by molar-refractivity contribution is 5.94. The molecular formula is C16H21N3O3. The molecule has 2 N–H and O–H groups in total. The SMILES string of the molecule is COc1ccc(C(=O)NCCc2c(C)n[nH]c2C)cc1OC. The fraction of sp³-hybridized carbons (Fsp3) is 0.375. The molecular weight excluding hydrogens is 282 g/mol. The van der Waals surface area contributed by atoms with E-state index in [1.807, 2.05) is 13.8 Å². The second-order valence-corrected chi connectivity index (χ2v) is 4.99. The van der Waals surface area contributed by atoms with E-state index in [0.717, 1.165) is 23.4 Å². The Morgan fingerprint density at radius 2 is 1.95 bits per heavy atom. The predicted molar refractivity (Wildman–Crippen MR) is 83.6 cm³/mol. The second kappa shape index (κ2) is 6.98. The Labute approximate surface area is 129 Å². The number of methoxy groups -OCH3 is 2. The number of nitrogens with zero attached hydrogens (tertiary/aromatic N) is 1. The van der Waals surface area contributed by atoms with Crippen molar-refractivity contribution in [2.75, 3.05) is 20.8 Å². The minimum absolute atomic E-state index is 0.139. The summed E-state index contributed by atoms with van der Waals surface area (Å²) >= 11 is 0. The maximum atomic E-state index is 12.2. The molecule has 118 valence electrons. The number of rotatable bonds is 6. The normalized spacial score (nSPS) is 10.4. The van der Waals surface area contributed by atoms with Gasteiger partial charge >= 0.3 is 0 Å². The van der Waals surface area contributed by atoms with E-state index in [4.69, 9.17) is 9.47 Å². The number of benzene rings is 1. The van der Waals surface area contributed by atoms with Crippen molar-refractivity contribution in [3.8, 4) is 11.5 Å². The van der Waals surface area contributed by atoms with Gasteiger partial charge in [0.05, 0.1) is 19.9 Å². The highest BCUT2D eigenvalue weighted by Crippen LogP contribution is 2.27. The van der Waals surface area contributed by atoms with E-state index in [9.17, 15) is 4.79 Å². The van der Waals surface area contributed by atoms with E-state index in [1.165, 1.54) is 0 Å². The molecule has 6 nitrogen and oxygen atoms in total. The largest absolute Gasteiger partial charge is 0.493 e. The molecule has 0 fully saturated rings. The van der Waals surface area contributed by atoms with Crippen LogP contribution in [0.15, 0.2) is 18.2 Å². The van der Waals surface area contributed by atoms with Crippen molar-refractivity contribution in [3.63, 3.8) is 0 Å². The van der Waals surface area contributed by atoms with E-state index in [1.54, 1.807) is 32.4 Å². The molecule has 0 bridgehead atoms. The highest BCUT2D eigenvalue weighted by Gasteiger charge is 2.11. The molecule has 0 radical (unpaired) electrons. The van der Waals surface area contributed by atoms with Gasteiger partial charge in [-0.15, -0.1) is 0 Å². The van der Waals surface area contributed by atoms with Crippen LogP contribution in [-0.2, 0) is 6.42 Å². The molecule has 1 aromatic heterocycles. The number of aryl methyl sites for hydroxylation is 2. The van der Waals surface area contributed by atoms with Crippen LogP contribution in [0.3, 0.4) is 0 Å². The summed E-state index contributed by atoms with van der Waals surface area (Å²) in [6.07, 6.45) is 0.743. The first-order chi connectivity index (χ1) is 10.6. The van der Waals surface area contributed by atoms with Gasteiger partial charge in [-0.1, -0.05) is 0 Å². The van der Waals surface area contributed by atoms with Crippen LogP contribution in [0.5, 0.6) is 11.5 Å². The Bertz CT molecular complexity index is 645. The molecule has 1 aromatic carbocycles. The zero-order valence-corrected chi connectivity index (χ0v) is 13.3. The molecule has 1 heterocycles. The lowest BCUT2D eigenvalue weighted by Gasteiger charge is -2.10. The van der Waals surface area contributed by atoms with Gasteiger partial charge in [0.2, 0.25) is 0 Å². The smallest absolute Gasteiger partial charge is 0.251 e. The number of nitrogens with one attached hydrogen (secondary N) is 2. The number of carbonyl (C=O) groups is 1. The summed E-state index contributed by atoms with van der Waals surface area (Å²) in [4.78, 5) is 12.2. The van der Waals surface area contributed by atoms with Crippen LogP contribution < -0.4 is 14.8 Å². The number of ether oxygens (including phenoxy) is 2. The molecule has 6 heteroatoms. The molecule has 22 heavy (non-hydrogen) atoms. The van der Waals surface area contributed by atoms with Crippen molar-refractivity contribution in [1.82, 2.24) is 15.5 Å². The van der Waals surface area contributed by atoms with Gasteiger partial charge in [0, 0.05) is 17.8 Å². The number of carbonyl (C=O) groups excluding carboxylic acids is 1. The van der Waals surface area contributed by atoms with E-state index in [0.29, 0.717) is 23.6 Å². The van der Waals surface area contributed by atoms with Crippen LogP contribution in [0.4, 0.5) is 0 Å². The highest BCUT2D eigenvalue weighted by atomic mass is 16.5. The number of aromatic nitrogens is 2. The fourth-order valence-electron chi connectivity index (χ4n) is 2.32. The first-order valence-electron chi connectivity index (χ1n) is 7.07. The van der Waals surface area contributed by atoms with E-state index >= 15 is 0 Å². The molecule has 0 atom stereocenters. The Kier molecular flexibility index (Phi) is 5.04. The minimum Gasteiger partial charge on any atom is -0.493 e. The summed E-state index contributed by atoms with van der Waals surface area (Å²) in [6.45, 7) is 4.48. The average molecular weight is 303 g/mol. The van der Waals surface area contributed by atoms with Crippen molar-refractivity contribution in [2.24, 2.45) is 0 Å². The van der Waals surface area contributed by atoms with Crippen molar-refractivity contribution in [2.45, 2.75) is 20.3 Å². The Morgan fingerprint density at radius 3 is 2.55 bits per heavy atom. The molecule has 2 aromatic rings. The number of aromatic amines is 1. The lowest BCUT2D eigenvalue weighted by molar-refractivity contribution is 0.0953. The molecule has 0 saturated heterocycles. The van der Waals surface area contributed by atoms with Crippen LogP contribution in [-0.4, -0.2) is 36.9 Å². The van der Waals surface area contributed by atoms with Gasteiger partial charge in [-0.25, -0.2) is 0 Å². The molecule has 1 amide bonds. The van der Waals surface area contributed by atoms with Gasteiger partial charge < -0.3 is 14.8 Å². The molecule has 0 aliphatic carbocycles. The minimum atomic E-state index is -0.139. The summed E-state index contributed by atoms with van der Waals surface area (Å²) in [6, 6.07) is 5.10. The fourth-order valence-corrected chi connectivity index (χ4v) is 2.32. The molecule has 2 rings (SSSR count). The van der Waals surface area contributed by atoms with E-state index < -0.39 is 0 Å². The predicted octanol–water partition coefficient (Wildman–Crippen LogP) is 2.02. The first kappa shape index (κ1) is 15.9. The molecule has 0 saturated carbocycles. The van der Waals surface area contributed by atoms with Crippen LogP contribution in [0.25, 0.3) is 0 Å². The monoisotopic (exact) mass is 303 g/mol. The Morgan fingerprint density at radius 1 is 1.23 bits per heavy atom. The van der Waals surface area contributed by atoms with E-state index in [2.05, 4.69) is 15.5 Å². The van der Waals surface area contributed by atoms with Gasteiger partial charge in [0.25, 0.3) is 5.91 Å². The van der Waals surface area contributed by atoms with Crippen LogP contribution >= 0.6 is 0 Å². The Balaban J connectivity index is 1.98. The third-order valence-electron chi connectivity index (χ3n) is 3.59. The zero-order chi connectivity index (χ0) is 16.1. The van der Waals surface area contributed by atoms with Crippen molar-refractivity contribution in [3.05, 3.63) is 40.7 Å². The number of H-pyrrole nitrogens is 1. The standard InChI is InChI=1S/C16H21N3O3/c1-10-13(11(2)19-18-10)7-8-17-16(20)12-5-6-14(21-3)15(9-12)22-4/h5-6,9H,7-8H2,1-4H3,(H,17,20)(H,18,19). The van der Waals surface area contributed by atoms with Crippen LogP contribution in [0.1, 0.15) is 27.3 Å². The molecule has 0 aliphatic rings. The maximum absolute atomic E-state index is 12.2. The van der Waals surface area contributed by atoms with Crippen LogP contribution in [0, 0.1) is 13.8 Å². The molecule has 0 unspecified atom stereocenters. The average Bonchev–Trinajstić information content (AvgIpc) is 2.85. The molecule has 0 spiro atoms. The zero-order valence-electron chi connectivity index (χ0n) is 13.3. The summed E-state index contributed by atoms with van der Waals surface area (Å²) < 4.78 is 10.4. The van der Waals surface area contributed by atoms with Crippen LogP contribution in [0.2, 0.25) is 0 Å². The van der Waals surface area contributed by atoms with Crippen molar-refractivity contribution < 1.29 is 14.3 Å². The summed E-state index contributed by atoms with van der Waals surface area (Å²) in [5.74, 6) is 1.00. The van der Waals surface area contributed by atoms with Crippen molar-refractivity contribution in [1.29, 1.82) is 0 Å². The Hall–Kier alpha value is -2.50. The van der Waals surface area contributed by atoms with Gasteiger partial charge in [-0.05, 0) is 44.0 Å². The second-order valence-electron chi connectivity index (χ2n) is 4.99. The van der Waals surface area contributed by atoms with Gasteiger partial charge in [0.1, 0.15) is 0 Å². The topological polar surface area (TPSA) is 76.2 Å². The summed E-state index contributed by atoms with van der Waals surface area (Å²) in [7, 11) is 3.11. The lowest BCUT2D eigenvalue weighted by Crippen LogP contribution is -2.25. The first-order valence-corrected chi connectivity index (χ1v) is 7.07. The lowest BCUT2D eigenvalue weighted by atomic mass is 10.1. The molecule has 0 aliphatic heterocycles. The van der Waals surface area contributed by atoms with E-state index in [-0.39, 0.29) is 5.91 Å². The third-order valence-corrected chi connectivity index (χ3v) is 3.59. The number of hydrogen-bond acceptors (Lipinski definition) is 4. The van der Waals surface area contributed by atoms with Gasteiger partial charge in [0.15, 0.2) is 11.5 Å². The summed E-state index contributed by atoms with van der Waals surface area (Å²) in [5, 5.41) is 9.99. The number of amides is 1. The van der Waals surface area contributed by atoms with Gasteiger partial charge in [-0.3, -0.25) is 9.89 Å². The van der Waals surface area contributed by atoms with Crippen molar-refractivity contribution >= 4 is 5.91 Å². The van der Waals surface area contributed by atoms with Gasteiger partial charge in [-0.2, -0.15) is 5.10 Å². The third kappa shape index (κ3) is 3.39. The number of hydrogen-bond donors (Lipinski definition) is 2. The quantitative estimate of drug-likeness (QED) is 0.856.